The van der Waals surface area contributed by atoms with Crippen LogP contribution in [0.15, 0.2) is 40.9 Å². The molecule has 26 heavy (non-hydrogen) atoms. The summed E-state index contributed by atoms with van der Waals surface area (Å²) in [6, 6.07) is 12.1. The fourth-order valence-electron chi connectivity index (χ4n) is 3.83. The molecule has 0 aliphatic carbocycles. The van der Waals surface area contributed by atoms with Gasteiger partial charge in [-0.2, -0.15) is 0 Å². The molecule has 1 atom stereocenters. The number of nitrogens with zero attached hydrogens (tertiary/aromatic N) is 2. The number of benzene rings is 2. The molecule has 6 heteroatoms. The van der Waals surface area contributed by atoms with Gasteiger partial charge >= 0.3 is 6.09 Å². The molecule has 0 fully saturated rings. The molecule has 2 aliphatic heterocycles. The zero-order valence-corrected chi connectivity index (χ0v) is 16.0. The first kappa shape index (κ1) is 17.1. The van der Waals surface area contributed by atoms with Crippen LogP contribution in [-0.2, 0) is 26.1 Å². The largest absolute Gasteiger partial charge is 0.465 e. The predicted octanol–water partition coefficient (Wildman–Crippen LogP) is 4.03. The molecule has 0 saturated heterocycles. The Bertz CT molecular complexity index is 912. The van der Waals surface area contributed by atoms with Gasteiger partial charge in [0.05, 0.1) is 5.56 Å². The molecule has 0 bridgehead atoms. The molecule has 134 valence electrons. The third-order valence-corrected chi connectivity index (χ3v) is 5.94. The SMILES string of the molecule is C[C@@H]1Cc2ccccc2CN1C(=O)c1cc2c(cc1Br)CN(C(=O)O)C2. The maximum Gasteiger partial charge on any atom is 0.407 e. The second kappa shape index (κ2) is 6.43. The predicted molar refractivity (Wildman–Crippen MR) is 101 cm³/mol. The number of rotatable bonds is 1. The number of carbonyl (C=O) groups is 2. The summed E-state index contributed by atoms with van der Waals surface area (Å²) < 4.78 is 0.722. The number of hydrogen-bond donors (Lipinski definition) is 1. The van der Waals surface area contributed by atoms with Gasteiger partial charge in [-0.25, -0.2) is 4.79 Å². The smallest absolute Gasteiger partial charge is 0.407 e. The molecule has 2 aromatic carbocycles. The van der Waals surface area contributed by atoms with E-state index in [1.165, 1.54) is 16.0 Å². The lowest BCUT2D eigenvalue weighted by Crippen LogP contribution is -2.42. The Kier molecular flexibility index (Phi) is 4.23. The average molecular weight is 415 g/mol. The average Bonchev–Trinajstić information content (AvgIpc) is 3.03. The summed E-state index contributed by atoms with van der Waals surface area (Å²) in [5.74, 6) is -0.0181. The second-order valence-electron chi connectivity index (χ2n) is 6.99. The lowest BCUT2D eigenvalue weighted by Gasteiger charge is -2.35. The molecule has 1 N–H and O–H groups in total. The summed E-state index contributed by atoms with van der Waals surface area (Å²) in [5.41, 5.74) is 4.95. The standard InChI is InChI=1S/C20H19BrN2O3/c1-12-6-13-4-2-3-5-14(13)11-23(12)19(24)17-7-15-9-22(20(25)26)10-16(15)8-18(17)21/h2-5,7-8,12H,6,9-11H2,1H3,(H,25,26)/t12-/m1/s1. The molecular formula is C20H19BrN2O3. The highest BCUT2D eigenvalue weighted by Gasteiger charge is 2.30. The van der Waals surface area contributed by atoms with Crippen molar-refractivity contribution in [1.82, 2.24) is 9.80 Å². The van der Waals surface area contributed by atoms with Crippen molar-refractivity contribution >= 4 is 27.9 Å². The van der Waals surface area contributed by atoms with Crippen LogP contribution in [0.2, 0.25) is 0 Å². The summed E-state index contributed by atoms with van der Waals surface area (Å²) in [6.45, 7) is 3.37. The Labute approximate surface area is 160 Å². The highest BCUT2D eigenvalue weighted by molar-refractivity contribution is 9.10. The van der Waals surface area contributed by atoms with Crippen LogP contribution in [0.3, 0.4) is 0 Å². The van der Waals surface area contributed by atoms with E-state index >= 15 is 0 Å². The summed E-state index contributed by atoms with van der Waals surface area (Å²) in [4.78, 5) is 27.7. The Morgan fingerprint density at radius 2 is 1.69 bits per heavy atom. The zero-order chi connectivity index (χ0) is 18.4. The van der Waals surface area contributed by atoms with Gasteiger partial charge in [0.15, 0.2) is 0 Å². The lowest BCUT2D eigenvalue weighted by atomic mass is 9.94. The monoisotopic (exact) mass is 414 g/mol. The van der Waals surface area contributed by atoms with Crippen LogP contribution < -0.4 is 0 Å². The molecule has 0 aromatic heterocycles. The fraction of sp³-hybridized carbons (Fsp3) is 0.300. The number of carboxylic acid groups (broad SMARTS) is 1. The molecule has 2 aliphatic rings. The zero-order valence-electron chi connectivity index (χ0n) is 14.4. The van der Waals surface area contributed by atoms with Gasteiger partial charge in [0.1, 0.15) is 0 Å². The van der Waals surface area contributed by atoms with E-state index in [9.17, 15) is 14.7 Å². The highest BCUT2D eigenvalue weighted by Crippen LogP contribution is 2.32. The third kappa shape index (κ3) is 2.88. The van der Waals surface area contributed by atoms with E-state index < -0.39 is 6.09 Å². The van der Waals surface area contributed by atoms with Gasteiger partial charge in [-0.3, -0.25) is 9.69 Å². The van der Waals surface area contributed by atoms with Gasteiger partial charge in [-0.05, 0) is 63.7 Å². The molecule has 5 nitrogen and oxygen atoms in total. The summed E-state index contributed by atoms with van der Waals surface area (Å²) in [5, 5.41) is 9.20. The topological polar surface area (TPSA) is 60.9 Å². The van der Waals surface area contributed by atoms with Crippen LogP contribution in [0.4, 0.5) is 4.79 Å². The Morgan fingerprint density at radius 3 is 2.38 bits per heavy atom. The van der Waals surface area contributed by atoms with Crippen LogP contribution in [0, 0.1) is 0 Å². The fourth-order valence-corrected chi connectivity index (χ4v) is 4.39. The molecule has 2 heterocycles. The minimum Gasteiger partial charge on any atom is -0.465 e. The summed E-state index contributed by atoms with van der Waals surface area (Å²) in [6.07, 6.45) is -0.0940. The highest BCUT2D eigenvalue weighted by atomic mass is 79.9. The number of hydrogen-bond acceptors (Lipinski definition) is 2. The molecule has 0 saturated carbocycles. The van der Waals surface area contributed by atoms with E-state index in [0.717, 1.165) is 22.0 Å². The van der Waals surface area contributed by atoms with Crippen molar-refractivity contribution in [2.75, 3.05) is 0 Å². The van der Waals surface area contributed by atoms with Crippen LogP contribution in [0.5, 0.6) is 0 Å². The first-order valence-corrected chi connectivity index (χ1v) is 9.40. The van der Waals surface area contributed by atoms with Crippen molar-refractivity contribution < 1.29 is 14.7 Å². The van der Waals surface area contributed by atoms with E-state index in [2.05, 4.69) is 35.0 Å². The minimum absolute atomic E-state index is 0.0181. The van der Waals surface area contributed by atoms with Gasteiger partial charge in [-0.15, -0.1) is 0 Å². The van der Waals surface area contributed by atoms with Crippen molar-refractivity contribution in [3.05, 3.63) is 68.7 Å². The van der Waals surface area contributed by atoms with Gasteiger partial charge in [-0.1, -0.05) is 24.3 Å². The van der Waals surface area contributed by atoms with E-state index in [1.54, 1.807) is 0 Å². The van der Waals surface area contributed by atoms with Gasteiger partial charge < -0.3 is 10.0 Å². The van der Waals surface area contributed by atoms with E-state index in [-0.39, 0.29) is 11.9 Å². The molecule has 4 rings (SSSR count). The third-order valence-electron chi connectivity index (χ3n) is 5.28. The number of carbonyl (C=O) groups excluding carboxylic acids is 1. The van der Waals surface area contributed by atoms with Crippen molar-refractivity contribution in [2.24, 2.45) is 0 Å². The number of halogens is 1. The summed E-state index contributed by atoms with van der Waals surface area (Å²) in [7, 11) is 0. The van der Waals surface area contributed by atoms with Gasteiger partial charge in [0.2, 0.25) is 0 Å². The Balaban J connectivity index is 1.64. The minimum atomic E-state index is -0.938. The molecule has 0 radical (unpaired) electrons. The summed E-state index contributed by atoms with van der Waals surface area (Å²) >= 11 is 3.51. The van der Waals surface area contributed by atoms with Crippen LogP contribution in [0.25, 0.3) is 0 Å². The maximum absolute atomic E-state index is 13.2. The maximum atomic E-state index is 13.2. The van der Waals surface area contributed by atoms with Crippen molar-refractivity contribution in [2.45, 2.75) is 39.0 Å². The first-order valence-electron chi connectivity index (χ1n) is 8.61. The van der Waals surface area contributed by atoms with E-state index in [4.69, 9.17) is 0 Å². The second-order valence-corrected chi connectivity index (χ2v) is 7.85. The molecule has 0 unspecified atom stereocenters. The van der Waals surface area contributed by atoms with Crippen LogP contribution in [-0.4, -0.2) is 32.9 Å². The van der Waals surface area contributed by atoms with Crippen molar-refractivity contribution in [3.63, 3.8) is 0 Å². The lowest BCUT2D eigenvalue weighted by molar-refractivity contribution is 0.0657. The van der Waals surface area contributed by atoms with Gasteiger partial charge in [0, 0.05) is 30.1 Å². The number of amides is 2. The molecule has 2 aromatic rings. The van der Waals surface area contributed by atoms with Gasteiger partial charge in [0.25, 0.3) is 5.91 Å². The van der Waals surface area contributed by atoms with E-state index in [0.29, 0.717) is 25.2 Å². The van der Waals surface area contributed by atoms with Crippen LogP contribution in [0.1, 0.15) is 39.5 Å². The number of fused-ring (bicyclic) bond motifs is 2. The van der Waals surface area contributed by atoms with Crippen molar-refractivity contribution in [3.8, 4) is 0 Å². The molecule has 2 amide bonds. The quantitative estimate of drug-likeness (QED) is 0.765. The normalized spacial score (nSPS) is 18.5. The van der Waals surface area contributed by atoms with Crippen molar-refractivity contribution in [1.29, 1.82) is 0 Å². The molecular weight excluding hydrogens is 396 g/mol. The molecule has 0 spiro atoms. The van der Waals surface area contributed by atoms with E-state index in [1.807, 2.05) is 29.2 Å². The Morgan fingerprint density at radius 1 is 1.04 bits per heavy atom. The first-order chi connectivity index (χ1) is 12.4. The van der Waals surface area contributed by atoms with Crippen LogP contribution >= 0.6 is 15.9 Å². The Hall–Kier alpha value is -2.34.